The second-order valence-corrected chi connectivity index (χ2v) is 3.15. The summed E-state index contributed by atoms with van der Waals surface area (Å²) in [5, 5.41) is 0. The molecule has 1 radical (unpaired) electrons. The summed E-state index contributed by atoms with van der Waals surface area (Å²) in [6.45, 7) is 6.37. The van der Waals surface area contributed by atoms with Crippen molar-refractivity contribution < 1.29 is 0 Å². The molecule has 0 fully saturated rings. The topological polar surface area (TPSA) is 28.7 Å². The zero-order valence-electron chi connectivity index (χ0n) is 6.02. The first-order chi connectivity index (χ1) is 4.11. The van der Waals surface area contributed by atoms with Gasteiger partial charge in [0.25, 0.3) is 0 Å². The zero-order chi connectivity index (χ0) is 6.91. The highest BCUT2D eigenvalue weighted by atomic mass is 14.9. The molecule has 2 heteroatoms. The molecule has 0 saturated heterocycles. The molecule has 0 bridgehead atoms. The summed E-state index contributed by atoms with van der Waals surface area (Å²) < 4.78 is 0. The smallest absolute Gasteiger partial charge is 0.173 e. The van der Waals surface area contributed by atoms with E-state index in [9.17, 15) is 0 Å². The Labute approximate surface area is 55.3 Å². The minimum atomic E-state index is 0.149. The van der Waals surface area contributed by atoms with Gasteiger partial charge in [-0.25, -0.2) is 4.98 Å². The molecule has 1 N–H and O–H groups in total. The lowest BCUT2D eigenvalue weighted by atomic mass is 9.93. The van der Waals surface area contributed by atoms with Crippen molar-refractivity contribution in [1.82, 2.24) is 9.97 Å². The normalized spacial score (nSPS) is 11.9. The van der Waals surface area contributed by atoms with E-state index in [-0.39, 0.29) is 5.41 Å². The van der Waals surface area contributed by atoms with Crippen LogP contribution >= 0.6 is 0 Å². The molecule has 0 atom stereocenters. The minimum Gasteiger partial charge on any atom is -0.342 e. The molecule has 1 rings (SSSR count). The molecule has 0 saturated carbocycles. The van der Waals surface area contributed by atoms with Crippen molar-refractivity contribution in [1.29, 1.82) is 0 Å². The molecular weight excluding hydrogens is 112 g/mol. The third-order valence-corrected chi connectivity index (χ3v) is 1.22. The molecule has 9 heavy (non-hydrogen) atoms. The lowest BCUT2D eigenvalue weighted by Gasteiger charge is -2.13. The second kappa shape index (κ2) is 1.87. The van der Waals surface area contributed by atoms with Crippen molar-refractivity contribution in [3.05, 3.63) is 18.2 Å². The Morgan fingerprint density at radius 3 is 2.44 bits per heavy atom. The zero-order valence-corrected chi connectivity index (χ0v) is 6.02. The van der Waals surface area contributed by atoms with Crippen LogP contribution in [0.15, 0.2) is 6.20 Å². The summed E-state index contributed by atoms with van der Waals surface area (Å²) in [6, 6.07) is 0. The van der Waals surface area contributed by atoms with E-state index in [2.05, 4.69) is 37.1 Å². The van der Waals surface area contributed by atoms with Gasteiger partial charge in [-0.1, -0.05) is 20.8 Å². The Bertz CT molecular complexity index is 169. The van der Waals surface area contributed by atoms with Crippen LogP contribution in [0.3, 0.4) is 0 Å². The molecule has 0 aliphatic rings. The fourth-order valence-corrected chi connectivity index (χ4v) is 0.610. The molecule has 2 nitrogen and oxygen atoms in total. The minimum absolute atomic E-state index is 0.149. The van der Waals surface area contributed by atoms with Gasteiger partial charge < -0.3 is 4.98 Å². The van der Waals surface area contributed by atoms with Crippen molar-refractivity contribution in [3.63, 3.8) is 0 Å². The number of aromatic nitrogens is 2. The van der Waals surface area contributed by atoms with Crippen LogP contribution in [0.4, 0.5) is 0 Å². The van der Waals surface area contributed by atoms with Crippen LogP contribution < -0.4 is 0 Å². The average molecular weight is 123 g/mol. The number of hydrogen-bond donors (Lipinski definition) is 1. The van der Waals surface area contributed by atoms with Crippen LogP contribution in [0.1, 0.15) is 26.5 Å². The second-order valence-electron chi connectivity index (χ2n) is 3.15. The number of H-pyrrole nitrogens is 1. The summed E-state index contributed by atoms with van der Waals surface area (Å²) in [4.78, 5) is 6.81. The fraction of sp³-hybridized carbons (Fsp3) is 0.571. The Kier molecular flexibility index (Phi) is 1.31. The Morgan fingerprint density at radius 1 is 1.56 bits per heavy atom. The maximum atomic E-state index is 4.01. The standard InChI is InChI=1S/C7H11N2/c1-7(2,3)6-4-8-5-9-6/h4H,1-3H3,(H,8,9). The first kappa shape index (κ1) is 6.33. The van der Waals surface area contributed by atoms with Crippen LogP contribution in [0, 0.1) is 6.33 Å². The van der Waals surface area contributed by atoms with Crippen LogP contribution in [0.5, 0.6) is 0 Å². The monoisotopic (exact) mass is 123 g/mol. The first-order valence-electron chi connectivity index (χ1n) is 3.02. The maximum absolute atomic E-state index is 4.01. The number of imidazole rings is 1. The van der Waals surface area contributed by atoms with Gasteiger partial charge in [-0.05, 0) is 0 Å². The van der Waals surface area contributed by atoms with E-state index >= 15 is 0 Å². The molecule has 1 heterocycles. The van der Waals surface area contributed by atoms with E-state index in [0.717, 1.165) is 5.69 Å². The highest BCUT2D eigenvalue weighted by molar-refractivity contribution is 5.06. The van der Waals surface area contributed by atoms with Gasteiger partial charge >= 0.3 is 0 Å². The summed E-state index contributed by atoms with van der Waals surface area (Å²) in [5.74, 6) is 0. The van der Waals surface area contributed by atoms with Crippen molar-refractivity contribution in [3.8, 4) is 0 Å². The van der Waals surface area contributed by atoms with E-state index in [1.54, 1.807) is 0 Å². The number of nitrogens with zero attached hydrogens (tertiary/aromatic N) is 1. The Hall–Kier alpha value is -0.790. The maximum Gasteiger partial charge on any atom is 0.173 e. The highest BCUT2D eigenvalue weighted by Crippen LogP contribution is 2.17. The van der Waals surface area contributed by atoms with Gasteiger partial charge in [0, 0.05) is 11.6 Å². The van der Waals surface area contributed by atoms with Crippen molar-refractivity contribution in [2.45, 2.75) is 26.2 Å². The summed E-state index contributed by atoms with van der Waals surface area (Å²) >= 11 is 0. The van der Waals surface area contributed by atoms with Crippen LogP contribution in [-0.4, -0.2) is 9.97 Å². The molecule has 49 valence electrons. The molecule has 0 aromatic carbocycles. The van der Waals surface area contributed by atoms with Gasteiger partial charge in [-0.3, -0.25) is 0 Å². The summed E-state index contributed by atoms with van der Waals surface area (Å²) in [6.07, 6.45) is 4.54. The van der Waals surface area contributed by atoms with Crippen LogP contribution in [0.25, 0.3) is 0 Å². The number of nitrogens with one attached hydrogen (secondary N) is 1. The predicted octanol–water partition coefficient (Wildman–Crippen LogP) is 1.51. The Morgan fingerprint density at radius 2 is 2.22 bits per heavy atom. The lowest BCUT2D eigenvalue weighted by Crippen LogP contribution is -2.10. The van der Waals surface area contributed by atoms with Gasteiger partial charge in [-0.15, -0.1) is 0 Å². The highest BCUT2D eigenvalue weighted by Gasteiger charge is 2.14. The van der Waals surface area contributed by atoms with Crippen molar-refractivity contribution in [2.75, 3.05) is 0 Å². The molecule has 1 aromatic rings. The van der Waals surface area contributed by atoms with E-state index in [4.69, 9.17) is 0 Å². The molecule has 0 amide bonds. The van der Waals surface area contributed by atoms with E-state index < -0.39 is 0 Å². The van der Waals surface area contributed by atoms with E-state index in [0.29, 0.717) is 0 Å². The fourth-order valence-electron chi connectivity index (χ4n) is 0.610. The van der Waals surface area contributed by atoms with Gasteiger partial charge in [0.05, 0.1) is 5.69 Å². The van der Waals surface area contributed by atoms with Crippen LogP contribution in [0.2, 0.25) is 0 Å². The van der Waals surface area contributed by atoms with E-state index in [1.807, 2.05) is 6.20 Å². The number of aromatic amines is 1. The van der Waals surface area contributed by atoms with Crippen LogP contribution in [-0.2, 0) is 5.41 Å². The number of hydrogen-bond acceptors (Lipinski definition) is 1. The first-order valence-corrected chi connectivity index (χ1v) is 3.02. The molecule has 1 aromatic heterocycles. The number of rotatable bonds is 0. The average Bonchev–Trinajstić information content (AvgIpc) is 2.08. The SMILES string of the molecule is CC(C)(C)c1c[nH][c]n1. The Balaban J connectivity index is 2.90. The van der Waals surface area contributed by atoms with Crippen molar-refractivity contribution >= 4 is 0 Å². The van der Waals surface area contributed by atoms with Gasteiger partial charge in [0.1, 0.15) is 0 Å². The third kappa shape index (κ3) is 1.31. The quantitative estimate of drug-likeness (QED) is 0.556. The molecule has 0 unspecified atom stereocenters. The predicted molar refractivity (Wildman–Crippen MR) is 36.1 cm³/mol. The molecule has 0 spiro atoms. The lowest BCUT2D eigenvalue weighted by molar-refractivity contribution is 0.572. The molecular formula is C7H11N2. The van der Waals surface area contributed by atoms with Crippen molar-refractivity contribution in [2.24, 2.45) is 0 Å². The molecule has 0 aliphatic heterocycles. The molecule has 0 aliphatic carbocycles. The largest absolute Gasteiger partial charge is 0.342 e. The summed E-state index contributed by atoms with van der Waals surface area (Å²) in [7, 11) is 0. The van der Waals surface area contributed by atoms with E-state index in [1.165, 1.54) is 0 Å². The van der Waals surface area contributed by atoms with Gasteiger partial charge in [-0.2, -0.15) is 0 Å². The van der Waals surface area contributed by atoms with Gasteiger partial charge in [0.15, 0.2) is 6.33 Å². The third-order valence-electron chi connectivity index (χ3n) is 1.22. The summed E-state index contributed by atoms with van der Waals surface area (Å²) in [5.41, 5.74) is 1.21. The van der Waals surface area contributed by atoms with Gasteiger partial charge in [0.2, 0.25) is 0 Å².